The maximum absolute atomic E-state index is 5.92. The molecule has 2 saturated heterocycles. The Hall–Kier alpha value is -2.19. The van der Waals surface area contributed by atoms with Crippen molar-refractivity contribution in [2.75, 3.05) is 31.6 Å². The van der Waals surface area contributed by atoms with Crippen molar-refractivity contribution in [2.45, 2.75) is 31.3 Å². The Labute approximate surface area is 140 Å². The molecule has 128 valence electrons. The average Bonchev–Trinajstić information content (AvgIpc) is 3.27. The normalized spacial score (nSPS) is 21.8. The summed E-state index contributed by atoms with van der Waals surface area (Å²) >= 11 is 0. The predicted molar refractivity (Wildman–Crippen MR) is 88.6 cm³/mol. The topological polar surface area (TPSA) is 97.0 Å². The summed E-state index contributed by atoms with van der Waals surface area (Å²) in [5.41, 5.74) is 1.09. The van der Waals surface area contributed by atoms with Crippen LogP contribution in [0, 0.1) is 0 Å². The van der Waals surface area contributed by atoms with Gasteiger partial charge in [0.15, 0.2) is 11.6 Å². The lowest BCUT2D eigenvalue weighted by atomic mass is 10.1. The summed E-state index contributed by atoms with van der Waals surface area (Å²) in [6.07, 6.45) is 6.54. The molecule has 2 aromatic heterocycles. The van der Waals surface area contributed by atoms with Crippen LogP contribution in [0.15, 0.2) is 18.5 Å². The molecule has 2 fully saturated rings. The number of ether oxygens (including phenoxy) is 2. The number of nitrogens with one attached hydrogen (secondary N) is 3. The third kappa shape index (κ3) is 3.65. The van der Waals surface area contributed by atoms with E-state index in [1.165, 1.54) is 0 Å². The molecule has 8 nitrogen and oxygen atoms in total. The molecular weight excluding hydrogens is 308 g/mol. The zero-order valence-corrected chi connectivity index (χ0v) is 13.5. The molecule has 0 spiro atoms. The fourth-order valence-electron chi connectivity index (χ4n) is 3.07. The number of nitrogens with zero attached hydrogens (tertiary/aromatic N) is 3. The lowest BCUT2D eigenvalue weighted by molar-refractivity contribution is 0.155. The maximum atomic E-state index is 5.92. The Morgan fingerprint density at radius 2 is 2.08 bits per heavy atom. The SMILES string of the molecule is c1ncc(OC2CCNCC2)nc1Nc1cc([C@H]2CCOC2)[nH]n1. The van der Waals surface area contributed by atoms with Crippen molar-refractivity contribution in [1.29, 1.82) is 0 Å². The predicted octanol–water partition coefficient (Wildman–Crippen LogP) is 1.58. The molecule has 2 aromatic rings. The van der Waals surface area contributed by atoms with Gasteiger partial charge in [0.05, 0.1) is 19.0 Å². The van der Waals surface area contributed by atoms with E-state index in [9.17, 15) is 0 Å². The molecule has 0 aliphatic carbocycles. The number of hydrogen-bond donors (Lipinski definition) is 3. The summed E-state index contributed by atoms with van der Waals surface area (Å²) in [7, 11) is 0. The van der Waals surface area contributed by atoms with Crippen LogP contribution >= 0.6 is 0 Å². The van der Waals surface area contributed by atoms with Crippen LogP contribution in [0.5, 0.6) is 5.88 Å². The van der Waals surface area contributed by atoms with Gasteiger partial charge in [-0.2, -0.15) is 10.1 Å². The highest BCUT2D eigenvalue weighted by Gasteiger charge is 2.20. The molecule has 0 amide bonds. The van der Waals surface area contributed by atoms with Crippen LogP contribution in [-0.4, -0.2) is 52.6 Å². The fraction of sp³-hybridized carbons (Fsp3) is 0.562. The summed E-state index contributed by atoms with van der Waals surface area (Å²) in [5, 5.41) is 13.9. The van der Waals surface area contributed by atoms with Crippen molar-refractivity contribution in [2.24, 2.45) is 0 Å². The first kappa shape index (κ1) is 15.3. The lowest BCUT2D eigenvalue weighted by Gasteiger charge is -2.23. The van der Waals surface area contributed by atoms with Crippen LogP contribution in [0.2, 0.25) is 0 Å². The summed E-state index contributed by atoms with van der Waals surface area (Å²) in [5.74, 6) is 2.30. The van der Waals surface area contributed by atoms with Crippen molar-refractivity contribution >= 4 is 11.6 Å². The van der Waals surface area contributed by atoms with Crippen molar-refractivity contribution < 1.29 is 9.47 Å². The van der Waals surface area contributed by atoms with Crippen LogP contribution in [0.3, 0.4) is 0 Å². The molecule has 0 bridgehead atoms. The minimum Gasteiger partial charge on any atom is -0.473 e. The average molecular weight is 330 g/mol. The molecule has 3 N–H and O–H groups in total. The van der Waals surface area contributed by atoms with Gasteiger partial charge in [0, 0.05) is 24.3 Å². The highest BCUT2D eigenvalue weighted by molar-refractivity contribution is 5.51. The third-order valence-corrected chi connectivity index (χ3v) is 4.41. The van der Waals surface area contributed by atoms with Crippen LogP contribution < -0.4 is 15.4 Å². The molecule has 8 heteroatoms. The van der Waals surface area contributed by atoms with E-state index in [4.69, 9.17) is 9.47 Å². The second kappa shape index (κ2) is 7.14. The lowest BCUT2D eigenvalue weighted by Crippen LogP contribution is -2.34. The largest absolute Gasteiger partial charge is 0.473 e. The number of aromatic amines is 1. The molecule has 2 aliphatic rings. The minimum absolute atomic E-state index is 0.204. The molecule has 24 heavy (non-hydrogen) atoms. The summed E-state index contributed by atoms with van der Waals surface area (Å²) in [6.45, 7) is 3.53. The van der Waals surface area contributed by atoms with Crippen molar-refractivity contribution in [3.05, 3.63) is 24.2 Å². The number of H-pyrrole nitrogens is 1. The molecule has 0 aromatic carbocycles. The van der Waals surface area contributed by atoms with Gasteiger partial charge in [-0.05, 0) is 32.4 Å². The van der Waals surface area contributed by atoms with Gasteiger partial charge in [-0.3, -0.25) is 10.1 Å². The Kier molecular flexibility index (Phi) is 4.57. The number of aromatic nitrogens is 4. The number of rotatable bonds is 5. The zero-order valence-electron chi connectivity index (χ0n) is 13.5. The zero-order chi connectivity index (χ0) is 16.2. The molecule has 0 saturated carbocycles. The van der Waals surface area contributed by atoms with Crippen molar-refractivity contribution in [3.8, 4) is 5.88 Å². The molecule has 0 radical (unpaired) electrons. The highest BCUT2D eigenvalue weighted by Crippen LogP contribution is 2.26. The first-order valence-electron chi connectivity index (χ1n) is 8.46. The van der Waals surface area contributed by atoms with E-state index in [0.717, 1.165) is 57.1 Å². The van der Waals surface area contributed by atoms with Gasteiger partial charge >= 0.3 is 0 Å². The van der Waals surface area contributed by atoms with E-state index in [0.29, 0.717) is 17.6 Å². The van der Waals surface area contributed by atoms with Crippen LogP contribution in [0.1, 0.15) is 30.9 Å². The smallest absolute Gasteiger partial charge is 0.234 e. The van der Waals surface area contributed by atoms with E-state index in [-0.39, 0.29) is 6.10 Å². The third-order valence-electron chi connectivity index (χ3n) is 4.41. The maximum Gasteiger partial charge on any atom is 0.234 e. The van der Waals surface area contributed by atoms with E-state index >= 15 is 0 Å². The van der Waals surface area contributed by atoms with Gasteiger partial charge in [0.25, 0.3) is 0 Å². The summed E-state index contributed by atoms with van der Waals surface area (Å²) in [6, 6.07) is 2.00. The first-order chi connectivity index (χ1) is 11.9. The summed E-state index contributed by atoms with van der Waals surface area (Å²) in [4.78, 5) is 8.68. The molecular formula is C16H22N6O2. The second-order valence-corrected chi connectivity index (χ2v) is 6.20. The number of piperidine rings is 1. The van der Waals surface area contributed by atoms with Gasteiger partial charge in [-0.25, -0.2) is 0 Å². The van der Waals surface area contributed by atoms with Crippen LogP contribution in [-0.2, 0) is 4.74 Å². The molecule has 4 heterocycles. The van der Waals surface area contributed by atoms with E-state index in [1.54, 1.807) is 12.4 Å². The van der Waals surface area contributed by atoms with Crippen molar-refractivity contribution in [1.82, 2.24) is 25.5 Å². The molecule has 1 atom stereocenters. The minimum atomic E-state index is 0.204. The second-order valence-electron chi connectivity index (χ2n) is 6.20. The highest BCUT2D eigenvalue weighted by atomic mass is 16.5. The van der Waals surface area contributed by atoms with Crippen LogP contribution in [0.4, 0.5) is 11.6 Å². The fourth-order valence-corrected chi connectivity index (χ4v) is 3.07. The van der Waals surface area contributed by atoms with Gasteiger partial charge in [-0.15, -0.1) is 0 Å². The number of anilines is 2. The molecule has 0 unspecified atom stereocenters. The summed E-state index contributed by atoms with van der Waals surface area (Å²) < 4.78 is 11.3. The van der Waals surface area contributed by atoms with E-state index in [1.807, 2.05) is 6.07 Å². The molecule has 2 aliphatic heterocycles. The standard InChI is InChI=1S/C16H22N6O2/c1-4-17-5-2-12(1)24-16-9-18-8-15(20-16)19-14-7-13(21-22-14)11-3-6-23-10-11/h7-9,11-12,17H,1-6,10H2,(H2,19,20,21,22)/t11-/m0/s1. The Bertz CT molecular complexity index is 664. The van der Waals surface area contributed by atoms with Gasteiger partial charge in [-0.1, -0.05) is 0 Å². The monoisotopic (exact) mass is 330 g/mol. The number of hydrogen-bond acceptors (Lipinski definition) is 7. The Morgan fingerprint density at radius 3 is 2.92 bits per heavy atom. The van der Waals surface area contributed by atoms with Crippen LogP contribution in [0.25, 0.3) is 0 Å². The van der Waals surface area contributed by atoms with Crippen molar-refractivity contribution in [3.63, 3.8) is 0 Å². The van der Waals surface area contributed by atoms with E-state index < -0.39 is 0 Å². The first-order valence-corrected chi connectivity index (χ1v) is 8.46. The van der Waals surface area contributed by atoms with Gasteiger partial charge < -0.3 is 20.1 Å². The Balaban J connectivity index is 1.40. The van der Waals surface area contributed by atoms with Gasteiger partial charge in [0.1, 0.15) is 6.10 Å². The van der Waals surface area contributed by atoms with E-state index in [2.05, 4.69) is 30.8 Å². The van der Waals surface area contributed by atoms with Gasteiger partial charge in [0.2, 0.25) is 5.88 Å². The molecule has 4 rings (SSSR count). The quantitative estimate of drug-likeness (QED) is 0.766. The Morgan fingerprint density at radius 1 is 1.17 bits per heavy atom.